The second-order valence-electron chi connectivity index (χ2n) is 6.31. The Bertz CT molecular complexity index is 905. The third-order valence-electron chi connectivity index (χ3n) is 4.52. The first kappa shape index (κ1) is 15.6. The van der Waals surface area contributed by atoms with Crippen molar-refractivity contribution in [3.8, 4) is 5.88 Å². The zero-order valence-corrected chi connectivity index (χ0v) is 14.1. The molecule has 1 amide bonds. The van der Waals surface area contributed by atoms with Crippen LogP contribution in [0.3, 0.4) is 0 Å². The number of nitrogens with zero attached hydrogens (tertiary/aromatic N) is 4. The number of hydrogen-bond acceptors (Lipinski definition) is 4. The second kappa shape index (κ2) is 6.55. The smallest absolute Gasteiger partial charge is 0.242 e. The van der Waals surface area contributed by atoms with Crippen molar-refractivity contribution >= 4 is 16.8 Å². The summed E-state index contributed by atoms with van der Waals surface area (Å²) in [4.78, 5) is 22.8. The van der Waals surface area contributed by atoms with Gasteiger partial charge < -0.3 is 14.2 Å². The molecule has 0 unspecified atom stereocenters. The molecule has 3 heterocycles. The summed E-state index contributed by atoms with van der Waals surface area (Å²) in [6, 6.07) is 11.9. The predicted octanol–water partition coefficient (Wildman–Crippen LogP) is 2.42. The Balaban J connectivity index is 1.39. The molecular weight excluding hydrogens is 316 g/mol. The summed E-state index contributed by atoms with van der Waals surface area (Å²) in [5.41, 5.74) is 1.08. The summed E-state index contributed by atoms with van der Waals surface area (Å²) in [6.07, 6.45) is 4.46. The van der Waals surface area contributed by atoms with Gasteiger partial charge in [-0.1, -0.05) is 18.2 Å². The number of carbonyl (C=O) groups is 1. The Morgan fingerprint density at radius 1 is 1.28 bits per heavy atom. The lowest BCUT2D eigenvalue weighted by Crippen LogP contribution is -2.33. The molecule has 0 spiro atoms. The van der Waals surface area contributed by atoms with Crippen LogP contribution in [0.1, 0.15) is 12.2 Å². The van der Waals surface area contributed by atoms with Crippen molar-refractivity contribution in [2.24, 2.45) is 0 Å². The summed E-state index contributed by atoms with van der Waals surface area (Å²) >= 11 is 0. The first-order valence-corrected chi connectivity index (χ1v) is 8.47. The number of rotatable bonds is 4. The molecule has 0 radical (unpaired) electrons. The maximum atomic E-state index is 12.6. The molecule has 4 rings (SSSR count). The highest BCUT2D eigenvalue weighted by atomic mass is 16.5. The van der Waals surface area contributed by atoms with Crippen LogP contribution in [0.25, 0.3) is 10.9 Å². The van der Waals surface area contributed by atoms with Crippen LogP contribution in [0.15, 0.2) is 48.8 Å². The molecule has 1 aliphatic heterocycles. The first-order valence-electron chi connectivity index (χ1n) is 8.47. The SMILES string of the molecule is Cc1nccc(O[C@H]2CCN(C(=O)Cn3ccc4ccccc43)C2)n1. The summed E-state index contributed by atoms with van der Waals surface area (Å²) in [6.45, 7) is 3.50. The van der Waals surface area contributed by atoms with Gasteiger partial charge in [-0.15, -0.1) is 0 Å². The van der Waals surface area contributed by atoms with Gasteiger partial charge in [0.2, 0.25) is 11.8 Å². The molecule has 128 valence electrons. The van der Waals surface area contributed by atoms with E-state index in [1.807, 2.05) is 46.9 Å². The van der Waals surface area contributed by atoms with Crippen molar-refractivity contribution in [2.45, 2.75) is 26.0 Å². The average Bonchev–Trinajstić information content (AvgIpc) is 3.23. The molecule has 1 aliphatic rings. The van der Waals surface area contributed by atoms with Crippen molar-refractivity contribution in [3.63, 3.8) is 0 Å². The van der Waals surface area contributed by atoms with E-state index in [1.54, 1.807) is 12.3 Å². The predicted molar refractivity (Wildman–Crippen MR) is 94.3 cm³/mol. The largest absolute Gasteiger partial charge is 0.472 e. The Morgan fingerprint density at radius 2 is 2.16 bits per heavy atom. The maximum absolute atomic E-state index is 12.6. The number of amides is 1. The lowest BCUT2D eigenvalue weighted by Gasteiger charge is -2.17. The third-order valence-corrected chi connectivity index (χ3v) is 4.52. The van der Waals surface area contributed by atoms with Gasteiger partial charge in [0, 0.05) is 36.9 Å². The summed E-state index contributed by atoms with van der Waals surface area (Å²) in [7, 11) is 0. The maximum Gasteiger partial charge on any atom is 0.242 e. The monoisotopic (exact) mass is 336 g/mol. The molecule has 0 bridgehead atoms. The lowest BCUT2D eigenvalue weighted by molar-refractivity contribution is -0.131. The van der Waals surface area contributed by atoms with Gasteiger partial charge in [-0.25, -0.2) is 4.98 Å². The van der Waals surface area contributed by atoms with Crippen LogP contribution in [0.4, 0.5) is 0 Å². The zero-order valence-electron chi connectivity index (χ0n) is 14.1. The molecular formula is C19H20N4O2. The van der Waals surface area contributed by atoms with E-state index in [1.165, 1.54) is 0 Å². The average molecular weight is 336 g/mol. The van der Waals surface area contributed by atoms with Crippen molar-refractivity contribution in [1.29, 1.82) is 0 Å². The number of carbonyl (C=O) groups excluding carboxylic acids is 1. The van der Waals surface area contributed by atoms with Gasteiger partial charge in [-0.05, 0) is 24.4 Å². The van der Waals surface area contributed by atoms with Gasteiger partial charge in [0.1, 0.15) is 18.5 Å². The fraction of sp³-hybridized carbons (Fsp3) is 0.316. The Labute approximate surface area is 146 Å². The fourth-order valence-corrected chi connectivity index (χ4v) is 3.25. The molecule has 6 nitrogen and oxygen atoms in total. The number of benzene rings is 1. The van der Waals surface area contributed by atoms with Gasteiger partial charge in [-0.3, -0.25) is 4.79 Å². The van der Waals surface area contributed by atoms with Crippen LogP contribution < -0.4 is 4.74 Å². The van der Waals surface area contributed by atoms with Crippen molar-refractivity contribution in [3.05, 3.63) is 54.6 Å². The summed E-state index contributed by atoms with van der Waals surface area (Å²) in [5, 5.41) is 1.15. The highest BCUT2D eigenvalue weighted by Gasteiger charge is 2.28. The number of aryl methyl sites for hydroxylation is 1. The molecule has 6 heteroatoms. The van der Waals surface area contributed by atoms with Crippen LogP contribution in [0.2, 0.25) is 0 Å². The van der Waals surface area contributed by atoms with Crippen molar-refractivity contribution < 1.29 is 9.53 Å². The molecule has 1 atom stereocenters. The lowest BCUT2D eigenvalue weighted by atomic mass is 10.2. The minimum Gasteiger partial charge on any atom is -0.472 e. The molecule has 0 saturated carbocycles. The van der Waals surface area contributed by atoms with Crippen LogP contribution in [0, 0.1) is 6.92 Å². The van der Waals surface area contributed by atoms with Crippen molar-refractivity contribution in [2.75, 3.05) is 13.1 Å². The standard InChI is InChI=1S/C19H20N4O2/c1-14-20-9-6-18(21-14)25-16-8-11-23(12-16)19(24)13-22-10-7-15-4-2-3-5-17(15)22/h2-7,9-10,16H,8,11-13H2,1H3/t16-/m0/s1. The van der Waals surface area contributed by atoms with Gasteiger partial charge in [0.25, 0.3) is 0 Å². The van der Waals surface area contributed by atoms with E-state index < -0.39 is 0 Å². The first-order chi connectivity index (χ1) is 12.2. The minimum atomic E-state index is -0.0142. The van der Waals surface area contributed by atoms with E-state index >= 15 is 0 Å². The summed E-state index contributed by atoms with van der Waals surface area (Å²) < 4.78 is 7.89. The molecule has 1 aromatic carbocycles. The topological polar surface area (TPSA) is 60.2 Å². The van der Waals surface area contributed by atoms with Gasteiger partial charge in [0.15, 0.2) is 0 Å². The van der Waals surface area contributed by atoms with Crippen LogP contribution in [0.5, 0.6) is 5.88 Å². The number of ether oxygens (including phenoxy) is 1. The molecule has 0 aliphatic carbocycles. The molecule has 0 N–H and O–H groups in total. The second-order valence-corrected chi connectivity index (χ2v) is 6.31. The number of likely N-dealkylation sites (tertiary alicyclic amines) is 1. The number of fused-ring (bicyclic) bond motifs is 1. The van der Waals surface area contributed by atoms with E-state index in [4.69, 9.17) is 4.74 Å². The molecule has 1 saturated heterocycles. The third kappa shape index (κ3) is 3.33. The minimum absolute atomic E-state index is 0.0142. The van der Waals surface area contributed by atoms with Gasteiger partial charge >= 0.3 is 0 Å². The highest BCUT2D eigenvalue weighted by Crippen LogP contribution is 2.19. The Hall–Kier alpha value is -2.89. The Morgan fingerprint density at radius 3 is 3.04 bits per heavy atom. The van der Waals surface area contributed by atoms with E-state index in [0.717, 1.165) is 17.3 Å². The van der Waals surface area contributed by atoms with Crippen LogP contribution in [-0.4, -0.2) is 44.5 Å². The van der Waals surface area contributed by atoms with Crippen LogP contribution >= 0.6 is 0 Å². The molecule has 2 aromatic heterocycles. The number of hydrogen-bond donors (Lipinski definition) is 0. The van der Waals surface area contributed by atoms with E-state index in [9.17, 15) is 4.79 Å². The zero-order chi connectivity index (χ0) is 17.2. The van der Waals surface area contributed by atoms with Gasteiger partial charge in [0.05, 0.1) is 6.54 Å². The molecule has 25 heavy (non-hydrogen) atoms. The number of aromatic nitrogens is 3. The van der Waals surface area contributed by atoms with E-state index in [-0.39, 0.29) is 12.0 Å². The normalized spacial score (nSPS) is 17.2. The molecule has 3 aromatic rings. The Kier molecular flexibility index (Phi) is 4.09. The number of para-hydroxylation sites is 1. The quantitative estimate of drug-likeness (QED) is 0.734. The highest BCUT2D eigenvalue weighted by molar-refractivity contribution is 5.83. The van der Waals surface area contributed by atoms with Gasteiger partial charge in [-0.2, -0.15) is 4.98 Å². The fourth-order valence-electron chi connectivity index (χ4n) is 3.25. The molecule has 1 fully saturated rings. The van der Waals surface area contributed by atoms with Crippen LogP contribution in [-0.2, 0) is 11.3 Å². The van der Waals surface area contributed by atoms with E-state index in [2.05, 4.69) is 16.0 Å². The van der Waals surface area contributed by atoms with E-state index in [0.29, 0.717) is 31.3 Å². The van der Waals surface area contributed by atoms with Crippen molar-refractivity contribution in [1.82, 2.24) is 19.4 Å². The summed E-state index contributed by atoms with van der Waals surface area (Å²) in [5.74, 6) is 1.37.